The van der Waals surface area contributed by atoms with Gasteiger partial charge in [-0.15, -0.1) is 0 Å². The highest BCUT2D eigenvalue weighted by atomic mass is 16.5. The first-order valence-corrected chi connectivity index (χ1v) is 6.23. The van der Waals surface area contributed by atoms with Crippen LogP contribution in [0.3, 0.4) is 0 Å². The van der Waals surface area contributed by atoms with E-state index < -0.39 is 0 Å². The van der Waals surface area contributed by atoms with E-state index in [0.717, 1.165) is 11.3 Å². The first-order valence-electron chi connectivity index (χ1n) is 6.23. The van der Waals surface area contributed by atoms with E-state index in [2.05, 4.69) is 15.0 Å². The summed E-state index contributed by atoms with van der Waals surface area (Å²) in [6.07, 6.45) is 0. The summed E-state index contributed by atoms with van der Waals surface area (Å²) < 4.78 is 5.11. The lowest BCUT2D eigenvalue weighted by atomic mass is 10.2. The van der Waals surface area contributed by atoms with Crippen molar-refractivity contribution in [2.75, 3.05) is 18.2 Å². The van der Waals surface area contributed by atoms with Crippen LogP contribution in [0.25, 0.3) is 9.69 Å². The van der Waals surface area contributed by atoms with Crippen molar-refractivity contribution >= 4 is 22.7 Å². The molecule has 0 aromatic heterocycles. The summed E-state index contributed by atoms with van der Waals surface area (Å²) >= 11 is 0. The van der Waals surface area contributed by atoms with Crippen LogP contribution >= 0.6 is 0 Å². The predicted molar refractivity (Wildman–Crippen MR) is 83.7 cm³/mol. The minimum atomic E-state index is 0.275. The van der Waals surface area contributed by atoms with E-state index >= 15 is 0 Å². The summed E-state index contributed by atoms with van der Waals surface area (Å²) in [6, 6.07) is 10.8. The number of ether oxygens (including phenoxy) is 1. The van der Waals surface area contributed by atoms with Gasteiger partial charge in [-0.3, -0.25) is 9.69 Å². The van der Waals surface area contributed by atoms with Gasteiger partial charge >= 0.3 is 0 Å². The topological polar surface area (TPSA) is 56.0 Å². The van der Waals surface area contributed by atoms with Crippen LogP contribution in [0.15, 0.2) is 36.4 Å². The second-order valence-corrected chi connectivity index (χ2v) is 4.35. The van der Waals surface area contributed by atoms with Crippen LogP contribution in [0.1, 0.15) is 5.56 Å². The van der Waals surface area contributed by atoms with E-state index in [1.54, 1.807) is 13.2 Å². The van der Waals surface area contributed by atoms with E-state index in [1.807, 2.05) is 24.3 Å². The Hall–Kier alpha value is -3.18. The molecule has 2 rings (SSSR count). The predicted octanol–water partition coefficient (Wildman–Crippen LogP) is 3.99. The monoisotopic (exact) mass is 278 g/mol. The number of rotatable bonds is 4. The van der Waals surface area contributed by atoms with Crippen molar-refractivity contribution in [2.24, 2.45) is 0 Å². The SMILES string of the molecule is [C-]#[N+]c1cc(N)c(NCc2ccc(OC)cc2)cc1[N+]#[C-]. The van der Waals surface area contributed by atoms with Gasteiger partial charge in [0.25, 0.3) is 0 Å². The molecule has 0 atom stereocenters. The summed E-state index contributed by atoms with van der Waals surface area (Å²) in [5.74, 6) is 0.801. The number of hydrogen-bond acceptors (Lipinski definition) is 3. The largest absolute Gasteiger partial charge is 0.497 e. The molecule has 0 fully saturated rings. The Labute approximate surface area is 123 Å². The molecule has 5 nitrogen and oxygen atoms in total. The van der Waals surface area contributed by atoms with Gasteiger partial charge in [-0.1, -0.05) is 12.1 Å². The Kier molecular flexibility index (Phi) is 4.28. The number of hydrogen-bond donors (Lipinski definition) is 2. The number of nitrogens with zero attached hydrogens (tertiary/aromatic N) is 2. The quantitative estimate of drug-likeness (QED) is 0.656. The van der Waals surface area contributed by atoms with Crippen molar-refractivity contribution in [3.05, 3.63) is 64.8 Å². The average Bonchev–Trinajstić information content (AvgIpc) is 2.53. The van der Waals surface area contributed by atoms with Crippen molar-refractivity contribution < 1.29 is 4.74 Å². The van der Waals surface area contributed by atoms with Gasteiger partial charge in [-0.2, -0.15) is 0 Å². The Morgan fingerprint density at radius 2 is 1.71 bits per heavy atom. The number of nitrogens with one attached hydrogen (secondary N) is 1. The van der Waals surface area contributed by atoms with E-state index in [4.69, 9.17) is 23.6 Å². The van der Waals surface area contributed by atoms with Crippen LogP contribution in [0.2, 0.25) is 0 Å². The van der Waals surface area contributed by atoms with Crippen LogP contribution in [-0.4, -0.2) is 7.11 Å². The number of benzene rings is 2. The van der Waals surface area contributed by atoms with Gasteiger partial charge in [0, 0.05) is 17.9 Å². The standard InChI is InChI=1S/C16H14N4O/c1-18-15-8-13(17)14(9-16(15)19-2)20-10-11-4-6-12(21-3)7-5-11/h4-9,20H,10,17H2,3H3. The van der Waals surface area contributed by atoms with Gasteiger partial charge < -0.3 is 15.8 Å². The molecule has 0 saturated heterocycles. The Morgan fingerprint density at radius 1 is 1.10 bits per heavy atom. The van der Waals surface area contributed by atoms with Gasteiger partial charge in [0.1, 0.15) is 5.75 Å². The Bertz CT molecular complexity index is 724. The van der Waals surface area contributed by atoms with E-state index in [0.29, 0.717) is 23.6 Å². The van der Waals surface area contributed by atoms with E-state index in [9.17, 15) is 0 Å². The molecule has 2 aromatic rings. The molecule has 3 N–H and O–H groups in total. The molecule has 0 saturated carbocycles. The lowest BCUT2D eigenvalue weighted by Crippen LogP contribution is -2.02. The summed E-state index contributed by atoms with van der Waals surface area (Å²) in [6.45, 7) is 14.7. The molecule has 0 aliphatic carbocycles. The molecule has 5 heteroatoms. The van der Waals surface area contributed by atoms with Crippen molar-refractivity contribution in [3.63, 3.8) is 0 Å². The summed E-state index contributed by atoms with van der Waals surface area (Å²) in [5, 5.41) is 3.18. The fourth-order valence-electron chi connectivity index (χ4n) is 1.87. The molecule has 0 spiro atoms. The van der Waals surface area contributed by atoms with Gasteiger partial charge in [-0.05, 0) is 29.8 Å². The van der Waals surface area contributed by atoms with Crippen molar-refractivity contribution in [1.29, 1.82) is 0 Å². The molecule has 0 amide bonds. The minimum absolute atomic E-state index is 0.275. The zero-order valence-electron chi connectivity index (χ0n) is 11.6. The van der Waals surface area contributed by atoms with E-state index in [-0.39, 0.29) is 5.69 Å². The molecule has 0 unspecified atom stereocenters. The van der Waals surface area contributed by atoms with Gasteiger partial charge in [-0.25, -0.2) is 0 Å². The normalized spacial score (nSPS) is 9.48. The lowest BCUT2D eigenvalue weighted by molar-refractivity contribution is 0.414. The molecule has 0 bridgehead atoms. The second kappa shape index (κ2) is 6.31. The molecule has 0 aliphatic rings. The first kappa shape index (κ1) is 14.2. The van der Waals surface area contributed by atoms with E-state index in [1.165, 1.54) is 6.07 Å². The molecular formula is C16H14N4O. The lowest BCUT2D eigenvalue weighted by Gasteiger charge is -2.11. The smallest absolute Gasteiger partial charge is 0.196 e. The van der Waals surface area contributed by atoms with Crippen LogP contribution in [0.5, 0.6) is 5.75 Å². The Balaban J connectivity index is 2.16. The fourth-order valence-corrected chi connectivity index (χ4v) is 1.87. The zero-order valence-corrected chi connectivity index (χ0v) is 11.6. The molecule has 0 heterocycles. The van der Waals surface area contributed by atoms with Gasteiger partial charge in [0.2, 0.25) is 0 Å². The van der Waals surface area contributed by atoms with Crippen molar-refractivity contribution in [3.8, 4) is 5.75 Å². The first-order chi connectivity index (χ1) is 10.2. The summed E-state index contributed by atoms with van der Waals surface area (Å²) in [5.41, 5.74) is 8.66. The highest BCUT2D eigenvalue weighted by molar-refractivity contribution is 5.83. The van der Waals surface area contributed by atoms with Gasteiger partial charge in [0.15, 0.2) is 11.4 Å². The van der Waals surface area contributed by atoms with Crippen LogP contribution in [0.4, 0.5) is 22.7 Å². The van der Waals surface area contributed by atoms with Crippen LogP contribution in [-0.2, 0) is 6.54 Å². The summed E-state index contributed by atoms with van der Waals surface area (Å²) in [7, 11) is 1.62. The highest BCUT2D eigenvalue weighted by Crippen LogP contribution is 2.35. The molecule has 2 aromatic carbocycles. The number of nitrogens with two attached hydrogens (primary N) is 1. The van der Waals surface area contributed by atoms with Gasteiger partial charge in [0.05, 0.1) is 20.3 Å². The maximum atomic E-state index is 7.10. The van der Waals surface area contributed by atoms with Crippen LogP contribution in [0, 0.1) is 13.1 Å². The zero-order chi connectivity index (χ0) is 15.2. The average molecular weight is 278 g/mol. The molecule has 0 aliphatic heterocycles. The third-order valence-electron chi connectivity index (χ3n) is 3.03. The molecule has 21 heavy (non-hydrogen) atoms. The second-order valence-electron chi connectivity index (χ2n) is 4.35. The summed E-state index contributed by atoms with van der Waals surface area (Å²) in [4.78, 5) is 6.64. The number of anilines is 2. The number of nitrogen functional groups attached to an aromatic ring is 1. The third-order valence-corrected chi connectivity index (χ3v) is 3.03. The Morgan fingerprint density at radius 3 is 2.29 bits per heavy atom. The third kappa shape index (κ3) is 3.23. The van der Waals surface area contributed by atoms with Crippen molar-refractivity contribution in [1.82, 2.24) is 0 Å². The highest BCUT2D eigenvalue weighted by Gasteiger charge is 2.08. The number of methoxy groups -OCH3 is 1. The maximum Gasteiger partial charge on any atom is 0.196 e. The molecule has 104 valence electrons. The fraction of sp³-hybridized carbons (Fsp3) is 0.125. The maximum absolute atomic E-state index is 7.10. The molecular weight excluding hydrogens is 264 g/mol. The van der Waals surface area contributed by atoms with Crippen LogP contribution < -0.4 is 15.8 Å². The molecule has 0 radical (unpaired) electrons. The van der Waals surface area contributed by atoms with Crippen molar-refractivity contribution in [2.45, 2.75) is 6.54 Å². The minimum Gasteiger partial charge on any atom is -0.497 e.